The van der Waals surface area contributed by atoms with Crippen LogP contribution in [0.15, 0.2) is 16.7 Å². The predicted octanol–water partition coefficient (Wildman–Crippen LogP) is 0.346. The van der Waals surface area contributed by atoms with E-state index >= 15 is 0 Å². The first-order valence-corrected chi connectivity index (χ1v) is 5.29. The number of furan rings is 1. The molecular formula is C11H17BO5. The standard InChI is InChI=1S/C11H17BO5/c1-10(2,14)11(3,4)17-12(15)8-5-9(6-13)16-7-8/h5-7,14-15H,1-4H3. The molecule has 2 N–H and O–H groups in total. The average molecular weight is 240 g/mol. The van der Waals surface area contributed by atoms with E-state index in [2.05, 4.69) is 0 Å². The van der Waals surface area contributed by atoms with E-state index in [0.29, 0.717) is 11.7 Å². The van der Waals surface area contributed by atoms with Gasteiger partial charge >= 0.3 is 7.12 Å². The van der Waals surface area contributed by atoms with E-state index in [9.17, 15) is 14.9 Å². The highest BCUT2D eigenvalue weighted by molar-refractivity contribution is 6.60. The minimum Gasteiger partial charge on any atom is -0.462 e. The molecule has 0 aromatic carbocycles. The number of hydrogen-bond donors (Lipinski definition) is 2. The summed E-state index contributed by atoms with van der Waals surface area (Å²) >= 11 is 0. The zero-order chi connectivity index (χ0) is 13.3. The molecule has 0 saturated heterocycles. The third kappa shape index (κ3) is 3.18. The normalized spacial score (nSPS) is 12.6. The summed E-state index contributed by atoms with van der Waals surface area (Å²) in [6, 6.07) is 1.39. The monoisotopic (exact) mass is 240 g/mol. The van der Waals surface area contributed by atoms with Gasteiger partial charge in [-0.1, -0.05) is 0 Å². The van der Waals surface area contributed by atoms with Gasteiger partial charge in [-0.25, -0.2) is 0 Å². The van der Waals surface area contributed by atoms with Gasteiger partial charge in [0.25, 0.3) is 0 Å². The number of aliphatic hydroxyl groups is 1. The number of rotatable bonds is 5. The minimum atomic E-state index is -1.26. The van der Waals surface area contributed by atoms with E-state index in [-0.39, 0.29) is 5.76 Å². The molecule has 1 heterocycles. The highest BCUT2D eigenvalue weighted by Gasteiger charge is 2.39. The molecule has 0 aliphatic carbocycles. The van der Waals surface area contributed by atoms with Crippen LogP contribution < -0.4 is 5.46 Å². The van der Waals surface area contributed by atoms with Gasteiger partial charge in [-0.05, 0) is 33.8 Å². The Labute approximate surface area is 101 Å². The Morgan fingerprint density at radius 1 is 1.41 bits per heavy atom. The molecule has 1 aromatic heterocycles. The molecule has 5 nitrogen and oxygen atoms in total. The number of aldehydes is 1. The van der Waals surface area contributed by atoms with Crippen molar-refractivity contribution >= 4 is 18.9 Å². The SMILES string of the molecule is CC(C)(O)C(C)(C)OB(O)c1coc(C=O)c1. The first-order valence-electron chi connectivity index (χ1n) is 5.29. The fourth-order valence-corrected chi connectivity index (χ4v) is 1.05. The van der Waals surface area contributed by atoms with Gasteiger partial charge in [-0.3, -0.25) is 4.79 Å². The van der Waals surface area contributed by atoms with Crippen molar-refractivity contribution in [3.63, 3.8) is 0 Å². The molecule has 0 fully saturated rings. The van der Waals surface area contributed by atoms with Crippen LogP contribution in [0.5, 0.6) is 0 Å². The Balaban J connectivity index is 2.78. The summed E-state index contributed by atoms with van der Waals surface area (Å²) < 4.78 is 10.2. The first-order chi connectivity index (χ1) is 7.67. The summed E-state index contributed by atoms with van der Waals surface area (Å²) in [7, 11) is -1.26. The molecular weight excluding hydrogens is 223 g/mol. The largest absolute Gasteiger partial charge is 0.494 e. The Bertz CT molecular complexity index is 391. The van der Waals surface area contributed by atoms with Crippen LogP contribution in [0.4, 0.5) is 0 Å². The van der Waals surface area contributed by atoms with Crippen molar-refractivity contribution < 1.29 is 24.0 Å². The summed E-state index contributed by atoms with van der Waals surface area (Å²) in [5.74, 6) is 0.115. The number of carbonyl (C=O) groups is 1. The van der Waals surface area contributed by atoms with E-state index in [0.717, 1.165) is 0 Å². The van der Waals surface area contributed by atoms with Crippen LogP contribution in [-0.2, 0) is 4.65 Å². The van der Waals surface area contributed by atoms with Gasteiger partial charge in [0.2, 0.25) is 0 Å². The third-order valence-corrected chi connectivity index (χ3v) is 2.92. The first kappa shape index (κ1) is 14.0. The van der Waals surface area contributed by atoms with Crippen LogP contribution in [0, 0.1) is 0 Å². The van der Waals surface area contributed by atoms with Crippen molar-refractivity contribution in [3.8, 4) is 0 Å². The molecule has 0 radical (unpaired) electrons. The maximum atomic E-state index is 10.4. The molecule has 0 amide bonds. The molecule has 6 heteroatoms. The third-order valence-electron chi connectivity index (χ3n) is 2.92. The minimum absolute atomic E-state index is 0.115. The summed E-state index contributed by atoms with van der Waals surface area (Å²) in [6.45, 7) is 6.51. The van der Waals surface area contributed by atoms with Gasteiger partial charge in [0, 0.05) is 5.46 Å². The lowest BCUT2D eigenvalue weighted by Crippen LogP contribution is -2.52. The lowest BCUT2D eigenvalue weighted by Gasteiger charge is -2.38. The molecule has 0 unspecified atom stereocenters. The zero-order valence-corrected chi connectivity index (χ0v) is 10.4. The fraction of sp³-hybridized carbons (Fsp3) is 0.545. The molecule has 0 saturated carbocycles. The second-order valence-electron chi connectivity index (χ2n) is 4.94. The van der Waals surface area contributed by atoms with Crippen LogP contribution in [0.3, 0.4) is 0 Å². The van der Waals surface area contributed by atoms with Gasteiger partial charge in [-0.2, -0.15) is 0 Å². The van der Waals surface area contributed by atoms with Gasteiger partial charge in [0.05, 0.1) is 17.5 Å². The fourth-order valence-electron chi connectivity index (χ4n) is 1.05. The zero-order valence-electron chi connectivity index (χ0n) is 10.4. The smallest absolute Gasteiger partial charge is 0.462 e. The molecule has 0 bridgehead atoms. The van der Waals surface area contributed by atoms with Crippen molar-refractivity contribution in [2.24, 2.45) is 0 Å². The van der Waals surface area contributed by atoms with Crippen molar-refractivity contribution in [1.82, 2.24) is 0 Å². The quantitative estimate of drug-likeness (QED) is 0.573. The molecule has 0 spiro atoms. The highest BCUT2D eigenvalue weighted by atomic mass is 16.5. The molecule has 0 aliphatic heterocycles. The van der Waals surface area contributed by atoms with E-state index < -0.39 is 18.3 Å². The van der Waals surface area contributed by atoms with Crippen molar-refractivity contribution in [2.75, 3.05) is 0 Å². The predicted molar refractivity (Wildman–Crippen MR) is 63.2 cm³/mol. The van der Waals surface area contributed by atoms with Crippen molar-refractivity contribution in [1.29, 1.82) is 0 Å². The van der Waals surface area contributed by atoms with Crippen molar-refractivity contribution in [2.45, 2.75) is 38.9 Å². The molecule has 1 aromatic rings. The Morgan fingerprint density at radius 2 is 2.00 bits per heavy atom. The number of carbonyl (C=O) groups excluding carboxylic acids is 1. The molecule has 1 rings (SSSR count). The van der Waals surface area contributed by atoms with E-state index in [1.54, 1.807) is 27.7 Å². The maximum absolute atomic E-state index is 10.4. The van der Waals surface area contributed by atoms with Gasteiger partial charge in [0.1, 0.15) is 0 Å². The van der Waals surface area contributed by atoms with Gasteiger partial charge < -0.3 is 19.2 Å². The van der Waals surface area contributed by atoms with E-state index in [1.165, 1.54) is 12.3 Å². The van der Waals surface area contributed by atoms with Crippen molar-refractivity contribution in [3.05, 3.63) is 18.1 Å². The average Bonchev–Trinajstić information content (AvgIpc) is 2.63. The Kier molecular flexibility index (Phi) is 3.81. The van der Waals surface area contributed by atoms with E-state index in [4.69, 9.17) is 9.07 Å². The second-order valence-corrected chi connectivity index (χ2v) is 4.94. The molecule has 0 aliphatic rings. The van der Waals surface area contributed by atoms with Crippen LogP contribution in [-0.4, -0.2) is 34.7 Å². The summed E-state index contributed by atoms with van der Waals surface area (Å²) in [5, 5.41) is 19.7. The summed E-state index contributed by atoms with van der Waals surface area (Å²) in [6.07, 6.45) is 1.78. The highest BCUT2D eigenvalue weighted by Crippen LogP contribution is 2.25. The van der Waals surface area contributed by atoms with Crippen LogP contribution >= 0.6 is 0 Å². The Morgan fingerprint density at radius 3 is 2.41 bits per heavy atom. The number of hydrogen-bond acceptors (Lipinski definition) is 5. The topological polar surface area (TPSA) is 79.9 Å². The lowest BCUT2D eigenvalue weighted by molar-refractivity contribution is -0.0982. The second kappa shape index (κ2) is 4.64. The molecule has 17 heavy (non-hydrogen) atoms. The van der Waals surface area contributed by atoms with Crippen LogP contribution in [0.1, 0.15) is 38.2 Å². The lowest BCUT2D eigenvalue weighted by atomic mass is 9.78. The maximum Gasteiger partial charge on any atom is 0.494 e. The Hall–Kier alpha value is -1.11. The summed E-state index contributed by atoms with van der Waals surface area (Å²) in [5.41, 5.74) is -1.74. The molecule has 0 atom stereocenters. The molecule has 94 valence electrons. The summed E-state index contributed by atoms with van der Waals surface area (Å²) in [4.78, 5) is 10.4. The van der Waals surface area contributed by atoms with Gasteiger partial charge in [-0.15, -0.1) is 0 Å². The van der Waals surface area contributed by atoms with Crippen LogP contribution in [0.25, 0.3) is 0 Å². The van der Waals surface area contributed by atoms with E-state index in [1.807, 2.05) is 0 Å². The van der Waals surface area contributed by atoms with Gasteiger partial charge in [0.15, 0.2) is 12.0 Å². The van der Waals surface area contributed by atoms with Crippen LogP contribution in [0.2, 0.25) is 0 Å².